The Bertz CT molecular complexity index is 486. The van der Waals surface area contributed by atoms with E-state index in [0.29, 0.717) is 5.56 Å². The van der Waals surface area contributed by atoms with Crippen LogP contribution in [0, 0.1) is 0 Å². The minimum Gasteiger partial charge on any atom is -0.482 e. The maximum Gasteiger partial charge on any atom is 0.259 e. The first-order valence-corrected chi connectivity index (χ1v) is 5.92. The normalized spacial score (nSPS) is 10.1. The molecular weight excluding hydrogens is 277 g/mol. The number of ether oxygens (including phenoxy) is 1. The number of nitrogens with zero attached hydrogens (tertiary/aromatic N) is 1. The van der Waals surface area contributed by atoms with Crippen molar-refractivity contribution < 1.29 is 14.3 Å². The number of hydrogen-bond acceptors (Lipinski definition) is 3. The first-order chi connectivity index (χ1) is 8.34. The highest BCUT2D eigenvalue weighted by Gasteiger charge is 2.15. The van der Waals surface area contributed by atoms with Gasteiger partial charge in [-0.25, -0.2) is 0 Å². The van der Waals surface area contributed by atoms with Crippen LogP contribution in [0.15, 0.2) is 12.1 Å². The number of carbonyl (C=O) groups excluding carboxylic acids is 2. The van der Waals surface area contributed by atoms with Gasteiger partial charge in [0.15, 0.2) is 12.4 Å². The third-order valence-electron chi connectivity index (χ3n) is 2.28. The molecule has 0 saturated carbocycles. The van der Waals surface area contributed by atoms with Crippen molar-refractivity contribution in [2.24, 2.45) is 0 Å². The van der Waals surface area contributed by atoms with Crippen LogP contribution in [-0.2, 0) is 4.79 Å². The molecule has 18 heavy (non-hydrogen) atoms. The van der Waals surface area contributed by atoms with E-state index >= 15 is 0 Å². The SMILES string of the molecule is CC(=O)c1ccc(OCC(=O)N(C)C)c(Cl)c1Cl. The first kappa shape index (κ1) is 14.8. The van der Waals surface area contributed by atoms with Crippen molar-refractivity contribution in [3.05, 3.63) is 27.7 Å². The van der Waals surface area contributed by atoms with Gasteiger partial charge in [-0.2, -0.15) is 0 Å². The smallest absolute Gasteiger partial charge is 0.259 e. The summed E-state index contributed by atoms with van der Waals surface area (Å²) in [7, 11) is 3.25. The fourth-order valence-electron chi connectivity index (χ4n) is 1.18. The Morgan fingerprint density at radius 3 is 2.33 bits per heavy atom. The second-order valence-corrected chi connectivity index (χ2v) is 4.63. The number of hydrogen-bond donors (Lipinski definition) is 0. The molecule has 0 spiro atoms. The van der Waals surface area contributed by atoms with Gasteiger partial charge in [0.1, 0.15) is 10.8 Å². The lowest BCUT2D eigenvalue weighted by Crippen LogP contribution is -2.27. The molecule has 0 aliphatic rings. The molecule has 1 aromatic carbocycles. The Hall–Kier alpha value is -1.26. The Labute approximate surface area is 115 Å². The van der Waals surface area contributed by atoms with Crippen molar-refractivity contribution in [1.29, 1.82) is 0 Å². The molecule has 98 valence electrons. The zero-order valence-corrected chi connectivity index (χ0v) is 11.8. The standard InChI is InChI=1S/C12H13Cl2NO3/c1-7(16)8-4-5-9(12(14)11(8)13)18-6-10(17)15(2)3/h4-5H,6H2,1-3H3. The van der Waals surface area contributed by atoms with E-state index < -0.39 is 0 Å². The largest absolute Gasteiger partial charge is 0.482 e. The monoisotopic (exact) mass is 289 g/mol. The molecule has 1 rings (SSSR count). The van der Waals surface area contributed by atoms with Crippen LogP contribution < -0.4 is 4.74 Å². The fraction of sp³-hybridized carbons (Fsp3) is 0.333. The summed E-state index contributed by atoms with van der Waals surface area (Å²) in [5.74, 6) is -0.0995. The number of amides is 1. The van der Waals surface area contributed by atoms with Crippen molar-refractivity contribution in [3.63, 3.8) is 0 Å². The summed E-state index contributed by atoms with van der Waals surface area (Å²) in [4.78, 5) is 24.0. The molecule has 0 N–H and O–H groups in total. The lowest BCUT2D eigenvalue weighted by atomic mass is 10.1. The minimum atomic E-state index is -0.196. The minimum absolute atomic E-state index is 0.135. The van der Waals surface area contributed by atoms with Crippen LogP contribution in [-0.4, -0.2) is 37.3 Å². The van der Waals surface area contributed by atoms with Crippen LogP contribution in [0.4, 0.5) is 0 Å². The average molecular weight is 290 g/mol. The topological polar surface area (TPSA) is 46.6 Å². The molecule has 0 aliphatic carbocycles. The van der Waals surface area contributed by atoms with E-state index in [4.69, 9.17) is 27.9 Å². The van der Waals surface area contributed by atoms with E-state index in [1.54, 1.807) is 14.1 Å². The highest BCUT2D eigenvalue weighted by atomic mass is 35.5. The van der Waals surface area contributed by atoms with Crippen molar-refractivity contribution >= 4 is 34.9 Å². The quantitative estimate of drug-likeness (QED) is 0.801. The summed E-state index contributed by atoms with van der Waals surface area (Å²) in [6.45, 7) is 1.26. The molecule has 1 amide bonds. The summed E-state index contributed by atoms with van der Waals surface area (Å²) in [6.07, 6.45) is 0. The zero-order chi connectivity index (χ0) is 13.9. The second-order valence-electron chi connectivity index (χ2n) is 3.87. The molecule has 0 saturated heterocycles. The number of benzene rings is 1. The summed E-state index contributed by atoms with van der Waals surface area (Å²) in [6, 6.07) is 3.04. The molecule has 1 aromatic rings. The van der Waals surface area contributed by atoms with E-state index in [1.807, 2.05) is 0 Å². The van der Waals surface area contributed by atoms with Gasteiger partial charge in [0.05, 0.1) is 5.02 Å². The Balaban J connectivity index is 2.89. The van der Waals surface area contributed by atoms with Crippen molar-refractivity contribution in [3.8, 4) is 5.75 Å². The summed E-state index contributed by atoms with van der Waals surface area (Å²) < 4.78 is 5.26. The first-order valence-electron chi connectivity index (χ1n) is 5.16. The van der Waals surface area contributed by atoms with E-state index in [-0.39, 0.29) is 34.1 Å². The Morgan fingerprint density at radius 2 is 1.83 bits per heavy atom. The van der Waals surface area contributed by atoms with Crippen molar-refractivity contribution in [2.45, 2.75) is 6.92 Å². The lowest BCUT2D eigenvalue weighted by Gasteiger charge is -2.13. The molecule has 4 nitrogen and oxygen atoms in total. The van der Waals surface area contributed by atoms with E-state index in [9.17, 15) is 9.59 Å². The highest BCUT2D eigenvalue weighted by molar-refractivity contribution is 6.44. The van der Waals surface area contributed by atoms with Crippen LogP contribution in [0.3, 0.4) is 0 Å². The number of rotatable bonds is 4. The van der Waals surface area contributed by atoms with E-state index in [2.05, 4.69) is 0 Å². The molecule has 0 aromatic heterocycles. The molecule has 6 heteroatoms. The number of ketones is 1. The molecule has 0 bridgehead atoms. The molecule has 0 aliphatic heterocycles. The van der Waals surface area contributed by atoms with Crippen LogP contribution in [0.1, 0.15) is 17.3 Å². The number of likely N-dealkylation sites (N-methyl/N-ethyl adjacent to an activating group) is 1. The molecule has 0 fully saturated rings. The predicted octanol–water partition coefficient (Wildman–Crippen LogP) is 2.66. The van der Waals surface area contributed by atoms with Gasteiger partial charge in [-0.3, -0.25) is 9.59 Å². The van der Waals surface area contributed by atoms with Gasteiger partial charge in [0.2, 0.25) is 0 Å². The predicted molar refractivity (Wildman–Crippen MR) is 70.7 cm³/mol. The van der Waals surface area contributed by atoms with E-state index in [0.717, 1.165) is 0 Å². The number of carbonyl (C=O) groups is 2. The van der Waals surface area contributed by atoms with Gasteiger partial charge in [0.25, 0.3) is 5.91 Å². The molecule has 0 unspecified atom stereocenters. The van der Waals surface area contributed by atoms with Gasteiger partial charge in [0, 0.05) is 19.7 Å². The lowest BCUT2D eigenvalue weighted by molar-refractivity contribution is -0.130. The zero-order valence-electron chi connectivity index (χ0n) is 10.3. The average Bonchev–Trinajstić information content (AvgIpc) is 2.30. The fourth-order valence-corrected chi connectivity index (χ4v) is 1.69. The van der Waals surface area contributed by atoms with Gasteiger partial charge >= 0.3 is 0 Å². The maximum atomic E-state index is 11.4. The van der Waals surface area contributed by atoms with E-state index in [1.165, 1.54) is 24.0 Å². The molecule has 0 atom stereocenters. The second kappa shape index (κ2) is 6.07. The van der Waals surface area contributed by atoms with Crippen LogP contribution in [0.5, 0.6) is 5.75 Å². The van der Waals surface area contributed by atoms with Crippen molar-refractivity contribution in [2.75, 3.05) is 20.7 Å². The number of halogens is 2. The van der Waals surface area contributed by atoms with Gasteiger partial charge < -0.3 is 9.64 Å². The molecular formula is C12H13Cl2NO3. The summed E-state index contributed by atoms with van der Waals surface area (Å²) in [5.41, 5.74) is 0.327. The summed E-state index contributed by atoms with van der Waals surface area (Å²) in [5, 5.41) is 0.273. The maximum absolute atomic E-state index is 11.4. The highest BCUT2D eigenvalue weighted by Crippen LogP contribution is 2.34. The van der Waals surface area contributed by atoms with Crippen LogP contribution in [0.2, 0.25) is 10.0 Å². The van der Waals surface area contributed by atoms with Crippen LogP contribution >= 0.6 is 23.2 Å². The van der Waals surface area contributed by atoms with Gasteiger partial charge in [-0.1, -0.05) is 23.2 Å². The summed E-state index contributed by atoms with van der Waals surface area (Å²) >= 11 is 11.9. The van der Waals surface area contributed by atoms with Gasteiger partial charge in [-0.15, -0.1) is 0 Å². The van der Waals surface area contributed by atoms with Crippen molar-refractivity contribution in [1.82, 2.24) is 4.90 Å². The Kier molecular flexibility index (Phi) is 4.99. The Morgan fingerprint density at radius 1 is 1.22 bits per heavy atom. The van der Waals surface area contributed by atoms with Gasteiger partial charge in [-0.05, 0) is 19.1 Å². The third kappa shape index (κ3) is 3.37. The number of Topliss-reactive ketones (excluding diaryl/α,β-unsaturated/α-hetero) is 1. The molecule has 0 radical (unpaired) electrons. The molecule has 0 heterocycles. The third-order valence-corrected chi connectivity index (χ3v) is 3.14. The van der Waals surface area contributed by atoms with Crippen LogP contribution in [0.25, 0.3) is 0 Å².